The molecule has 0 aliphatic heterocycles. The topological polar surface area (TPSA) is 0 Å². The van der Waals surface area contributed by atoms with Gasteiger partial charge in [-0.15, -0.1) is 0 Å². The zero-order valence-electron chi connectivity index (χ0n) is 7.00. The van der Waals surface area contributed by atoms with Crippen molar-refractivity contribution in [3.05, 3.63) is 0 Å². The molecule has 44 valence electrons. The monoisotopic (exact) mass is 132 g/mol. The molecule has 0 radical (unpaired) electrons. The summed E-state index contributed by atoms with van der Waals surface area (Å²) < 4.78 is 0. The van der Waals surface area contributed by atoms with Gasteiger partial charge in [-0.25, -0.2) is 0 Å². The number of rotatable bonds is 6. The normalized spacial score (nSPS) is 7.09. The number of hydrogen-bond acceptors (Lipinski definition) is 0. The molecule has 0 amide bonds. The minimum absolute atomic E-state index is 1.13. The van der Waals surface area contributed by atoms with Gasteiger partial charge in [0.15, 0.2) is 0 Å². The van der Waals surface area contributed by atoms with E-state index >= 15 is 0 Å². The van der Waals surface area contributed by atoms with Gasteiger partial charge in [-0.1, -0.05) is 0 Å². The van der Waals surface area contributed by atoms with Crippen molar-refractivity contribution in [2.75, 3.05) is 0 Å². The van der Waals surface area contributed by atoms with Crippen molar-refractivity contribution in [2.24, 2.45) is 0 Å². The van der Waals surface area contributed by atoms with Gasteiger partial charge in [0.1, 0.15) is 0 Å². The minimum atomic E-state index is 1.13. The molecular weight excluding hydrogens is 123 g/mol. The van der Waals surface area contributed by atoms with Gasteiger partial charge < -0.3 is 0 Å². The van der Waals surface area contributed by atoms with Crippen LogP contribution in [0.5, 0.6) is 0 Å². The van der Waals surface area contributed by atoms with E-state index in [0.29, 0.717) is 0 Å². The molecule has 0 spiro atoms. The molecule has 0 heterocycles. The van der Waals surface area contributed by atoms with Gasteiger partial charge >= 0.3 is 74.2 Å². The second kappa shape index (κ2) is 10.5. The molecule has 0 aromatic rings. The van der Waals surface area contributed by atoms with E-state index in [4.69, 9.17) is 0 Å². The fourth-order valence-electron chi connectivity index (χ4n) is 0.738. The Labute approximate surface area is 74.6 Å². The summed E-state index contributed by atoms with van der Waals surface area (Å²) in [5, 5.41) is 0. The predicted molar refractivity (Wildman–Crippen MR) is 63.1 cm³/mol. The van der Waals surface area contributed by atoms with Crippen molar-refractivity contribution in [1.29, 1.82) is 0 Å². The van der Waals surface area contributed by atoms with Gasteiger partial charge in [0.05, 0.1) is 0 Å². The van der Waals surface area contributed by atoms with Crippen molar-refractivity contribution in [3.8, 4) is 0 Å². The summed E-state index contributed by atoms with van der Waals surface area (Å²) >= 11 is 0. The SMILES string of the molecule is B=BB=BCCCB=BB=B. The van der Waals surface area contributed by atoms with Crippen LogP contribution < -0.4 is 0 Å². The summed E-state index contributed by atoms with van der Waals surface area (Å²) in [6.07, 6.45) is 3.47. The van der Waals surface area contributed by atoms with Crippen LogP contribution in [0.2, 0.25) is 12.6 Å². The van der Waals surface area contributed by atoms with Crippen molar-refractivity contribution < 1.29 is 0 Å². The first-order valence-electron chi connectivity index (χ1n) is 3.97. The van der Waals surface area contributed by atoms with Gasteiger partial charge in [-0.05, 0) is 0 Å². The van der Waals surface area contributed by atoms with Crippen LogP contribution >= 0.6 is 0 Å². The molecule has 0 unspecified atom stereocenters. The van der Waals surface area contributed by atoms with Crippen LogP contribution in [-0.2, 0) is 0 Å². The van der Waals surface area contributed by atoms with Crippen molar-refractivity contribution in [3.63, 3.8) is 0 Å². The van der Waals surface area contributed by atoms with E-state index in [1.807, 2.05) is 13.4 Å². The van der Waals surface area contributed by atoms with Crippen LogP contribution in [0.4, 0.5) is 0 Å². The van der Waals surface area contributed by atoms with Gasteiger partial charge in [-0.2, -0.15) is 0 Å². The summed E-state index contributed by atoms with van der Waals surface area (Å²) in [4.78, 5) is 0. The van der Waals surface area contributed by atoms with Crippen LogP contribution in [-0.4, -0.2) is 55.1 Å². The summed E-state index contributed by atoms with van der Waals surface area (Å²) in [7, 11) is 7.19. The van der Waals surface area contributed by atoms with E-state index < -0.39 is 0 Å². The summed E-state index contributed by atoms with van der Waals surface area (Å²) in [5.41, 5.74) is 0. The molecule has 0 fully saturated rings. The molecular formula is C3H8B8. The summed E-state index contributed by atoms with van der Waals surface area (Å²) in [5.74, 6) is 0. The average molecular weight is 131 g/mol. The molecule has 0 saturated carbocycles. The van der Waals surface area contributed by atoms with E-state index in [2.05, 4.69) is 28.3 Å². The Balaban J connectivity index is 3.14. The van der Waals surface area contributed by atoms with Crippen molar-refractivity contribution >= 4 is 55.1 Å². The fourth-order valence-corrected chi connectivity index (χ4v) is 0.738. The maximum atomic E-state index is 3.59. The fraction of sp³-hybridized carbons (Fsp3) is 1.00. The van der Waals surface area contributed by atoms with Gasteiger partial charge in [-0.3, -0.25) is 0 Å². The predicted octanol–water partition coefficient (Wildman–Crippen LogP) is -2.27. The molecule has 11 heavy (non-hydrogen) atoms. The first-order valence-corrected chi connectivity index (χ1v) is 3.97. The van der Waals surface area contributed by atoms with Gasteiger partial charge in [0, 0.05) is 0 Å². The van der Waals surface area contributed by atoms with Crippen LogP contribution in [0.3, 0.4) is 0 Å². The molecule has 0 aliphatic carbocycles. The third-order valence-corrected chi connectivity index (χ3v) is 1.29. The Bertz CT molecular complexity index is 141. The van der Waals surface area contributed by atoms with Crippen molar-refractivity contribution in [1.82, 2.24) is 0 Å². The van der Waals surface area contributed by atoms with E-state index in [1.54, 1.807) is 13.4 Å². The third kappa shape index (κ3) is 10.5. The molecule has 0 atom stereocenters. The quantitative estimate of drug-likeness (QED) is 0.281. The Morgan fingerprint density at radius 3 is 1.64 bits per heavy atom. The second-order valence-electron chi connectivity index (χ2n) is 2.26. The van der Waals surface area contributed by atoms with Gasteiger partial charge in [0.25, 0.3) is 0 Å². The molecule has 0 aliphatic rings. The van der Waals surface area contributed by atoms with E-state index in [1.165, 1.54) is 6.42 Å². The third-order valence-electron chi connectivity index (χ3n) is 1.29. The summed E-state index contributed by atoms with van der Waals surface area (Å²) in [6.45, 7) is 11.8. The first-order chi connectivity index (χ1) is 5.41. The Kier molecular flexibility index (Phi) is 11.0. The van der Waals surface area contributed by atoms with Crippen LogP contribution in [0.25, 0.3) is 0 Å². The zero-order chi connectivity index (χ0) is 8.36. The van der Waals surface area contributed by atoms with Crippen molar-refractivity contribution in [2.45, 2.75) is 19.1 Å². The first kappa shape index (κ1) is 11.5. The van der Waals surface area contributed by atoms with Crippen LogP contribution in [0.1, 0.15) is 6.42 Å². The average Bonchev–Trinajstić information content (AvgIpc) is 2.03. The molecule has 0 aromatic carbocycles. The van der Waals surface area contributed by atoms with E-state index in [0.717, 1.165) is 12.6 Å². The molecule has 8 heteroatoms. The van der Waals surface area contributed by atoms with Gasteiger partial charge in [0.2, 0.25) is 0 Å². The molecule has 0 bridgehead atoms. The van der Waals surface area contributed by atoms with E-state index in [-0.39, 0.29) is 0 Å². The molecule has 0 aromatic heterocycles. The summed E-state index contributed by atoms with van der Waals surface area (Å²) in [6, 6.07) is 0. The molecule has 0 nitrogen and oxygen atoms in total. The Morgan fingerprint density at radius 1 is 0.818 bits per heavy atom. The maximum absolute atomic E-state index is 3.59. The zero-order valence-corrected chi connectivity index (χ0v) is 7.00. The standard InChI is InChI=1S/C3H8B8/c4-8-10-6-2-1-3-7-11-9-5/h4-5H,1-3H2. The Hall–Kier alpha value is 0.519. The second-order valence-corrected chi connectivity index (χ2v) is 2.26. The van der Waals surface area contributed by atoms with Crippen LogP contribution in [0, 0.1) is 0 Å². The molecule has 0 N–H and O–H groups in total. The number of hydrogen-bond donors (Lipinski definition) is 0. The van der Waals surface area contributed by atoms with E-state index in [9.17, 15) is 0 Å². The van der Waals surface area contributed by atoms with Crippen LogP contribution in [0.15, 0.2) is 0 Å². The molecule has 0 saturated heterocycles. The molecule has 0 rings (SSSR count). The Morgan fingerprint density at radius 2 is 1.27 bits per heavy atom.